The number of ether oxygens (including phenoxy) is 2. The number of carbonyl (C=O) groups excluding carboxylic acids is 1. The molecule has 6 heteroatoms. The van der Waals surface area contributed by atoms with E-state index < -0.39 is 5.97 Å². The van der Waals surface area contributed by atoms with Crippen LogP contribution in [0, 0.1) is 11.3 Å². The SMILES string of the molecule is N#Cc1ccc(OC(=O)COc2ccc(Cl)cc2Cl)cc1. The van der Waals surface area contributed by atoms with Crippen LogP contribution in [0.25, 0.3) is 0 Å². The molecule has 0 spiro atoms. The van der Waals surface area contributed by atoms with Crippen molar-refractivity contribution in [1.29, 1.82) is 5.26 Å². The Morgan fingerprint density at radius 3 is 2.48 bits per heavy atom. The van der Waals surface area contributed by atoms with Crippen LogP contribution in [0.3, 0.4) is 0 Å². The van der Waals surface area contributed by atoms with Crippen molar-refractivity contribution in [3.8, 4) is 17.6 Å². The minimum absolute atomic E-state index is 0.290. The molecule has 0 fully saturated rings. The fourth-order valence-corrected chi connectivity index (χ4v) is 1.95. The first kappa shape index (κ1) is 15.2. The third kappa shape index (κ3) is 4.38. The van der Waals surface area contributed by atoms with Crippen LogP contribution in [0.4, 0.5) is 0 Å². The van der Waals surface area contributed by atoms with Crippen LogP contribution in [0.1, 0.15) is 5.56 Å². The van der Waals surface area contributed by atoms with E-state index in [1.807, 2.05) is 6.07 Å². The molecule has 2 aromatic carbocycles. The Morgan fingerprint density at radius 2 is 1.86 bits per heavy atom. The van der Waals surface area contributed by atoms with Gasteiger partial charge >= 0.3 is 5.97 Å². The van der Waals surface area contributed by atoms with Crippen LogP contribution in [0.5, 0.6) is 11.5 Å². The average molecular weight is 322 g/mol. The Bertz CT molecular complexity index is 693. The fraction of sp³-hybridized carbons (Fsp3) is 0.0667. The van der Waals surface area contributed by atoms with E-state index in [0.29, 0.717) is 27.1 Å². The zero-order valence-corrected chi connectivity index (χ0v) is 12.2. The first-order chi connectivity index (χ1) is 10.1. The molecule has 0 amide bonds. The predicted octanol–water partition coefficient (Wildman–Crippen LogP) is 3.85. The molecule has 0 bridgehead atoms. The lowest BCUT2D eigenvalue weighted by molar-refractivity contribution is -0.136. The third-order valence-electron chi connectivity index (χ3n) is 2.45. The Labute approximate surface area is 131 Å². The Balaban J connectivity index is 1.91. The summed E-state index contributed by atoms with van der Waals surface area (Å²) in [5.74, 6) is 0.105. The second-order valence-corrected chi connectivity index (χ2v) is 4.82. The molecular formula is C15H9Cl2NO3. The van der Waals surface area contributed by atoms with Gasteiger partial charge in [-0.1, -0.05) is 23.2 Å². The zero-order valence-electron chi connectivity index (χ0n) is 10.7. The molecule has 0 unspecified atom stereocenters. The number of hydrogen-bond acceptors (Lipinski definition) is 4. The largest absolute Gasteiger partial charge is 0.480 e. The van der Waals surface area contributed by atoms with Gasteiger partial charge in [-0.2, -0.15) is 5.26 Å². The molecule has 0 saturated heterocycles. The van der Waals surface area contributed by atoms with Crippen LogP contribution in [0.2, 0.25) is 10.0 Å². The number of benzene rings is 2. The van der Waals surface area contributed by atoms with Gasteiger partial charge < -0.3 is 9.47 Å². The van der Waals surface area contributed by atoms with Gasteiger partial charge in [-0.3, -0.25) is 0 Å². The van der Waals surface area contributed by atoms with Crippen molar-refractivity contribution in [3.63, 3.8) is 0 Å². The summed E-state index contributed by atoms with van der Waals surface area (Å²) in [6.07, 6.45) is 0. The molecule has 0 aliphatic heterocycles. The van der Waals surface area contributed by atoms with Crippen molar-refractivity contribution in [2.75, 3.05) is 6.61 Å². The molecule has 0 radical (unpaired) electrons. The highest BCUT2D eigenvalue weighted by Crippen LogP contribution is 2.27. The highest BCUT2D eigenvalue weighted by molar-refractivity contribution is 6.35. The molecule has 106 valence electrons. The van der Waals surface area contributed by atoms with Crippen molar-refractivity contribution < 1.29 is 14.3 Å². The summed E-state index contributed by atoms with van der Waals surface area (Å²) in [5, 5.41) is 9.46. The summed E-state index contributed by atoms with van der Waals surface area (Å²) in [7, 11) is 0. The molecule has 0 atom stereocenters. The minimum atomic E-state index is -0.578. The summed E-state index contributed by atoms with van der Waals surface area (Å²) in [6, 6.07) is 12.8. The summed E-state index contributed by atoms with van der Waals surface area (Å²) in [6.45, 7) is -0.290. The Kier molecular flexibility index (Phi) is 5.04. The van der Waals surface area contributed by atoms with E-state index in [9.17, 15) is 4.79 Å². The molecule has 0 aromatic heterocycles. The molecule has 2 aromatic rings. The smallest absolute Gasteiger partial charge is 0.349 e. The normalized spacial score (nSPS) is 9.76. The number of nitriles is 1. The standard InChI is InChI=1S/C15H9Cl2NO3/c16-11-3-6-14(13(17)7-11)20-9-15(19)21-12-4-1-10(8-18)2-5-12/h1-7H,9H2. The van der Waals surface area contributed by atoms with Crippen LogP contribution >= 0.6 is 23.2 Å². The molecule has 0 heterocycles. The molecule has 0 N–H and O–H groups in total. The number of nitrogens with zero attached hydrogens (tertiary/aromatic N) is 1. The fourth-order valence-electron chi connectivity index (χ4n) is 1.49. The van der Waals surface area contributed by atoms with E-state index in [1.165, 1.54) is 18.2 Å². The van der Waals surface area contributed by atoms with Gasteiger partial charge in [-0.25, -0.2) is 4.79 Å². The summed E-state index contributed by atoms with van der Waals surface area (Å²) in [4.78, 5) is 11.6. The Hall–Kier alpha value is -2.22. The molecular weight excluding hydrogens is 313 g/mol. The number of rotatable bonds is 4. The van der Waals surface area contributed by atoms with Crippen molar-refractivity contribution in [3.05, 3.63) is 58.1 Å². The van der Waals surface area contributed by atoms with E-state index in [-0.39, 0.29) is 6.61 Å². The van der Waals surface area contributed by atoms with Gasteiger partial charge in [-0.05, 0) is 42.5 Å². The predicted molar refractivity (Wildman–Crippen MR) is 78.7 cm³/mol. The third-order valence-corrected chi connectivity index (χ3v) is 2.99. The quantitative estimate of drug-likeness (QED) is 0.634. The van der Waals surface area contributed by atoms with Gasteiger partial charge in [0.05, 0.1) is 16.7 Å². The van der Waals surface area contributed by atoms with Gasteiger partial charge in [0, 0.05) is 5.02 Å². The topological polar surface area (TPSA) is 59.3 Å². The van der Waals surface area contributed by atoms with E-state index in [0.717, 1.165) is 0 Å². The number of esters is 1. The van der Waals surface area contributed by atoms with E-state index in [4.69, 9.17) is 37.9 Å². The maximum absolute atomic E-state index is 11.6. The maximum Gasteiger partial charge on any atom is 0.349 e. The lowest BCUT2D eigenvalue weighted by Gasteiger charge is -2.08. The number of hydrogen-bond donors (Lipinski definition) is 0. The van der Waals surface area contributed by atoms with Gasteiger partial charge in [0.15, 0.2) is 6.61 Å². The van der Waals surface area contributed by atoms with E-state index in [1.54, 1.807) is 24.3 Å². The number of halogens is 2. The highest BCUT2D eigenvalue weighted by atomic mass is 35.5. The van der Waals surface area contributed by atoms with Crippen molar-refractivity contribution in [2.24, 2.45) is 0 Å². The summed E-state index contributed by atoms with van der Waals surface area (Å²) >= 11 is 11.7. The van der Waals surface area contributed by atoms with Crippen LogP contribution in [0.15, 0.2) is 42.5 Å². The molecule has 21 heavy (non-hydrogen) atoms. The second kappa shape index (κ2) is 6.98. The Morgan fingerprint density at radius 1 is 1.14 bits per heavy atom. The van der Waals surface area contributed by atoms with Crippen LogP contribution < -0.4 is 9.47 Å². The molecule has 0 aliphatic carbocycles. The summed E-state index contributed by atoms with van der Waals surface area (Å²) in [5.41, 5.74) is 0.485. The van der Waals surface area contributed by atoms with E-state index in [2.05, 4.69) is 0 Å². The van der Waals surface area contributed by atoms with Gasteiger partial charge in [0.1, 0.15) is 11.5 Å². The first-order valence-corrected chi connectivity index (χ1v) is 6.63. The lowest BCUT2D eigenvalue weighted by atomic mass is 10.2. The minimum Gasteiger partial charge on any atom is -0.480 e. The number of carbonyl (C=O) groups is 1. The van der Waals surface area contributed by atoms with Gasteiger partial charge in [-0.15, -0.1) is 0 Å². The van der Waals surface area contributed by atoms with Crippen molar-refractivity contribution >= 4 is 29.2 Å². The zero-order chi connectivity index (χ0) is 15.2. The average Bonchev–Trinajstić information content (AvgIpc) is 2.47. The highest BCUT2D eigenvalue weighted by Gasteiger charge is 2.08. The van der Waals surface area contributed by atoms with Crippen LogP contribution in [-0.4, -0.2) is 12.6 Å². The van der Waals surface area contributed by atoms with Gasteiger partial charge in [0.25, 0.3) is 0 Å². The van der Waals surface area contributed by atoms with Crippen molar-refractivity contribution in [2.45, 2.75) is 0 Å². The van der Waals surface area contributed by atoms with Crippen LogP contribution in [-0.2, 0) is 4.79 Å². The van der Waals surface area contributed by atoms with Crippen molar-refractivity contribution in [1.82, 2.24) is 0 Å². The van der Waals surface area contributed by atoms with E-state index >= 15 is 0 Å². The lowest BCUT2D eigenvalue weighted by Crippen LogP contribution is -2.17. The monoisotopic (exact) mass is 321 g/mol. The second-order valence-electron chi connectivity index (χ2n) is 3.97. The van der Waals surface area contributed by atoms with Gasteiger partial charge in [0.2, 0.25) is 0 Å². The molecule has 2 rings (SSSR count). The molecule has 0 saturated carbocycles. The first-order valence-electron chi connectivity index (χ1n) is 5.87. The summed E-state index contributed by atoms with van der Waals surface area (Å²) < 4.78 is 10.3. The maximum atomic E-state index is 11.6. The molecule has 0 aliphatic rings. The molecule has 4 nitrogen and oxygen atoms in total.